The summed E-state index contributed by atoms with van der Waals surface area (Å²) in [5.74, 6) is -1.01. The third-order valence-electron chi connectivity index (χ3n) is 3.11. The highest BCUT2D eigenvalue weighted by Crippen LogP contribution is 2.34. The van der Waals surface area contributed by atoms with Gasteiger partial charge in [-0.05, 0) is 49.5 Å². The van der Waals surface area contributed by atoms with E-state index in [1.807, 2.05) is 0 Å². The quantitative estimate of drug-likeness (QED) is 0.751. The first-order valence-corrected chi connectivity index (χ1v) is 5.56. The Kier molecular flexibility index (Phi) is 3.38. The van der Waals surface area contributed by atoms with Gasteiger partial charge in [0.15, 0.2) is 0 Å². The molecule has 17 heavy (non-hydrogen) atoms. The Labute approximate surface area is 96.8 Å². The van der Waals surface area contributed by atoms with Gasteiger partial charge in [-0.3, -0.25) is 0 Å². The fourth-order valence-corrected chi connectivity index (χ4v) is 2.17. The van der Waals surface area contributed by atoms with E-state index in [0.29, 0.717) is 5.56 Å². The number of rotatable bonds is 1. The van der Waals surface area contributed by atoms with E-state index in [1.54, 1.807) is 0 Å². The van der Waals surface area contributed by atoms with Crippen molar-refractivity contribution in [3.63, 3.8) is 0 Å². The summed E-state index contributed by atoms with van der Waals surface area (Å²) in [5, 5.41) is 3.16. The fourth-order valence-electron chi connectivity index (χ4n) is 2.17. The lowest BCUT2D eigenvalue weighted by molar-refractivity contribution is -0.140. The molecule has 0 amide bonds. The molecule has 0 bridgehead atoms. The van der Waals surface area contributed by atoms with Crippen molar-refractivity contribution in [3.05, 3.63) is 35.1 Å². The smallest absolute Gasteiger partial charge is 0.317 e. The van der Waals surface area contributed by atoms with Gasteiger partial charge in [0.2, 0.25) is 0 Å². The van der Waals surface area contributed by atoms with Gasteiger partial charge in [0.05, 0.1) is 5.56 Å². The molecule has 1 N–H and O–H groups in total. The highest BCUT2D eigenvalue weighted by atomic mass is 19.4. The molecule has 5 heteroatoms. The number of hydrogen-bond donors (Lipinski definition) is 1. The molecular formula is C12H13F4N. The van der Waals surface area contributed by atoms with E-state index in [2.05, 4.69) is 5.32 Å². The molecule has 2 rings (SSSR count). The molecule has 1 nitrogen and oxygen atoms in total. The molecule has 0 aliphatic carbocycles. The standard InChI is InChI=1S/C12H13F4N/c13-11-7-9(8-3-5-17-6-4-8)1-2-10(11)12(14,15)16/h1-2,7-8,17H,3-6H2. The largest absolute Gasteiger partial charge is 0.419 e. The maximum Gasteiger partial charge on any atom is 0.419 e. The van der Waals surface area contributed by atoms with Crippen LogP contribution in [0, 0.1) is 5.82 Å². The Bertz CT molecular complexity index is 394. The molecule has 1 fully saturated rings. The molecule has 0 saturated carbocycles. The van der Waals surface area contributed by atoms with Crippen LogP contribution in [0.5, 0.6) is 0 Å². The summed E-state index contributed by atoms with van der Waals surface area (Å²) in [5.41, 5.74) is -0.521. The van der Waals surface area contributed by atoms with Crippen LogP contribution in [-0.4, -0.2) is 13.1 Å². The highest BCUT2D eigenvalue weighted by molar-refractivity contribution is 5.29. The zero-order chi connectivity index (χ0) is 12.5. The maximum atomic E-state index is 13.4. The molecular weight excluding hydrogens is 234 g/mol. The lowest BCUT2D eigenvalue weighted by Gasteiger charge is -2.23. The zero-order valence-electron chi connectivity index (χ0n) is 9.15. The van der Waals surface area contributed by atoms with Crippen LogP contribution in [-0.2, 0) is 6.18 Å². The molecule has 0 atom stereocenters. The van der Waals surface area contributed by atoms with Crippen LogP contribution < -0.4 is 5.32 Å². The first kappa shape index (κ1) is 12.4. The van der Waals surface area contributed by atoms with Gasteiger partial charge in [0, 0.05) is 0 Å². The summed E-state index contributed by atoms with van der Waals surface area (Å²) in [6, 6.07) is 3.26. The normalized spacial score (nSPS) is 18.4. The van der Waals surface area contributed by atoms with E-state index in [1.165, 1.54) is 6.07 Å². The average Bonchev–Trinajstić information content (AvgIpc) is 2.28. The van der Waals surface area contributed by atoms with Gasteiger partial charge in [-0.1, -0.05) is 6.07 Å². The highest BCUT2D eigenvalue weighted by Gasteiger charge is 2.34. The summed E-state index contributed by atoms with van der Waals surface area (Å²) in [6.45, 7) is 1.65. The molecule has 0 aromatic heterocycles. The zero-order valence-corrected chi connectivity index (χ0v) is 9.15. The fraction of sp³-hybridized carbons (Fsp3) is 0.500. The van der Waals surface area contributed by atoms with Crippen LogP contribution in [0.1, 0.15) is 29.9 Å². The summed E-state index contributed by atoms with van der Waals surface area (Å²) in [6.07, 6.45) is -2.94. The Morgan fingerprint density at radius 3 is 2.29 bits per heavy atom. The van der Waals surface area contributed by atoms with Crippen molar-refractivity contribution < 1.29 is 17.6 Å². The van der Waals surface area contributed by atoms with Gasteiger partial charge in [-0.15, -0.1) is 0 Å². The summed E-state index contributed by atoms with van der Waals surface area (Å²) in [7, 11) is 0. The van der Waals surface area contributed by atoms with Gasteiger partial charge >= 0.3 is 6.18 Å². The molecule has 1 aliphatic heterocycles. The van der Waals surface area contributed by atoms with Crippen LogP contribution in [0.3, 0.4) is 0 Å². The third-order valence-corrected chi connectivity index (χ3v) is 3.11. The van der Waals surface area contributed by atoms with Gasteiger partial charge in [-0.25, -0.2) is 4.39 Å². The number of benzene rings is 1. The first-order valence-electron chi connectivity index (χ1n) is 5.56. The number of piperidine rings is 1. The van der Waals surface area contributed by atoms with Gasteiger partial charge in [-0.2, -0.15) is 13.2 Å². The van der Waals surface area contributed by atoms with E-state index in [-0.39, 0.29) is 5.92 Å². The Balaban J connectivity index is 2.24. The maximum absolute atomic E-state index is 13.4. The number of nitrogens with one attached hydrogen (secondary N) is 1. The second kappa shape index (κ2) is 4.64. The second-order valence-corrected chi connectivity index (χ2v) is 4.26. The van der Waals surface area contributed by atoms with Crippen molar-refractivity contribution in [1.29, 1.82) is 0 Å². The molecule has 1 heterocycles. The van der Waals surface area contributed by atoms with Crippen molar-refractivity contribution in [2.24, 2.45) is 0 Å². The van der Waals surface area contributed by atoms with Crippen LogP contribution in [0.15, 0.2) is 18.2 Å². The van der Waals surface area contributed by atoms with E-state index in [0.717, 1.165) is 38.1 Å². The van der Waals surface area contributed by atoms with Gasteiger partial charge in [0.25, 0.3) is 0 Å². The Morgan fingerprint density at radius 1 is 1.12 bits per heavy atom. The molecule has 1 aromatic carbocycles. The van der Waals surface area contributed by atoms with Gasteiger partial charge in [0.1, 0.15) is 5.82 Å². The number of alkyl halides is 3. The van der Waals surface area contributed by atoms with Crippen LogP contribution in [0.4, 0.5) is 17.6 Å². The van der Waals surface area contributed by atoms with Gasteiger partial charge < -0.3 is 5.32 Å². The Hall–Kier alpha value is -1.10. The van der Waals surface area contributed by atoms with E-state index < -0.39 is 17.6 Å². The minimum Gasteiger partial charge on any atom is -0.317 e. The van der Waals surface area contributed by atoms with E-state index >= 15 is 0 Å². The molecule has 0 unspecified atom stereocenters. The van der Waals surface area contributed by atoms with E-state index in [9.17, 15) is 17.6 Å². The monoisotopic (exact) mass is 247 g/mol. The lowest BCUT2D eigenvalue weighted by Crippen LogP contribution is -2.26. The van der Waals surface area contributed by atoms with E-state index in [4.69, 9.17) is 0 Å². The van der Waals surface area contributed by atoms with Crippen LogP contribution in [0.2, 0.25) is 0 Å². The number of hydrogen-bond acceptors (Lipinski definition) is 1. The molecule has 0 spiro atoms. The van der Waals surface area contributed by atoms with Crippen molar-refractivity contribution >= 4 is 0 Å². The van der Waals surface area contributed by atoms with Crippen LogP contribution in [0.25, 0.3) is 0 Å². The van der Waals surface area contributed by atoms with Crippen LogP contribution >= 0.6 is 0 Å². The topological polar surface area (TPSA) is 12.0 Å². The predicted octanol–water partition coefficient (Wildman–Crippen LogP) is 3.31. The molecule has 94 valence electrons. The molecule has 1 saturated heterocycles. The minimum absolute atomic E-state index is 0.160. The number of halogens is 4. The Morgan fingerprint density at radius 2 is 1.76 bits per heavy atom. The SMILES string of the molecule is Fc1cc(C2CCNCC2)ccc1C(F)(F)F. The molecule has 1 aliphatic rings. The van der Waals surface area contributed by atoms with Crippen molar-refractivity contribution in [2.45, 2.75) is 24.9 Å². The van der Waals surface area contributed by atoms with Crippen molar-refractivity contribution in [2.75, 3.05) is 13.1 Å². The summed E-state index contributed by atoms with van der Waals surface area (Å²) in [4.78, 5) is 0. The predicted molar refractivity (Wildman–Crippen MR) is 56.2 cm³/mol. The molecule has 1 aromatic rings. The van der Waals surface area contributed by atoms with Crippen molar-refractivity contribution in [3.8, 4) is 0 Å². The van der Waals surface area contributed by atoms with Crippen molar-refractivity contribution in [1.82, 2.24) is 5.32 Å². The first-order chi connectivity index (χ1) is 7.98. The minimum atomic E-state index is -4.61. The summed E-state index contributed by atoms with van der Waals surface area (Å²) < 4.78 is 50.5. The summed E-state index contributed by atoms with van der Waals surface area (Å²) >= 11 is 0. The second-order valence-electron chi connectivity index (χ2n) is 4.26. The lowest BCUT2D eigenvalue weighted by atomic mass is 9.89. The molecule has 0 radical (unpaired) electrons. The average molecular weight is 247 g/mol. The third kappa shape index (κ3) is 2.77.